The predicted molar refractivity (Wildman–Crippen MR) is 121 cm³/mol. The van der Waals surface area contributed by atoms with Crippen LogP contribution >= 0.6 is 35.5 Å². The first-order valence-corrected chi connectivity index (χ1v) is 10.8. The van der Waals surface area contributed by atoms with E-state index >= 15 is 0 Å². The van der Waals surface area contributed by atoms with Gasteiger partial charge in [0.1, 0.15) is 5.01 Å². The zero-order chi connectivity index (χ0) is 20.8. The van der Waals surface area contributed by atoms with E-state index in [4.69, 9.17) is 0 Å². The Morgan fingerprint density at radius 2 is 2.00 bits per heavy atom. The lowest BCUT2D eigenvalue weighted by atomic mass is 10.1. The second-order valence-corrected chi connectivity index (χ2v) is 8.80. The second-order valence-electron chi connectivity index (χ2n) is 6.77. The van der Waals surface area contributed by atoms with E-state index in [1.807, 2.05) is 30.3 Å². The Bertz CT molecular complexity index is 1040. The van der Waals surface area contributed by atoms with E-state index in [2.05, 4.69) is 39.3 Å². The third kappa shape index (κ3) is 6.82. The summed E-state index contributed by atoms with van der Waals surface area (Å²) in [5.74, 6) is -0.150. The molecule has 2 aromatic heterocycles. The first-order chi connectivity index (χ1) is 13.9. The van der Waals surface area contributed by atoms with E-state index in [-0.39, 0.29) is 47.1 Å². The maximum atomic E-state index is 12.3. The van der Waals surface area contributed by atoms with Crippen LogP contribution in [0, 0.1) is 5.92 Å². The fraction of sp³-hybridized carbons (Fsp3) is 0.316. The van der Waals surface area contributed by atoms with Gasteiger partial charge in [-0.3, -0.25) is 14.9 Å². The standard InChI is InChI=1S/C19H21N5O3S2.ClH/c1-11(2)8-15-23-24-19(29-15)20-14(25)10-28-18-21-16(26)13(17(27)22-18)9-12-6-4-3-5-7-12;/h3-7,11H,8-10H2,1-2H3,(H,20,24,25)(H2,21,22,26,27);1H. The summed E-state index contributed by atoms with van der Waals surface area (Å²) in [6, 6.07) is 9.34. The van der Waals surface area contributed by atoms with Crippen molar-refractivity contribution in [3.8, 4) is 5.88 Å². The largest absolute Gasteiger partial charge is 0.493 e. The number of carbonyl (C=O) groups is 1. The van der Waals surface area contributed by atoms with Crippen molar-refractivity contribution in [2.24, 2.45) is 5.92 Å². The van der Waals surface area contributed by atoms with Crippen molar-refractivity contribution in [1.29, 1.82) is 0 Å². The van der Waals surface area contributed by atoms with Crippen molar-refractivity contribution in [1.82, 2.24) is 20.2 Å². The van der Waals surface area contributed by atoms with E-state index in [0.29, 0.717) is 11.0 Å². The van der Waals surface area contributed by atoms with E-state index < -0.39 is 5.56 Å². The maximum Gasteiger partial charge on any atom is 0.258 e. The van der Waals surface area contributed by atoms with Crippen LogP contribution in [0.5, 0.6) is 5.88 Å². The third-order valence-corrected chi connectivity index (χ3v) is 5.57. The van der Waals surface area contributed by atoms with Crippen LogP contribution in [0.15, 0.2) is 40.3 Å². The molecule has 30 heavy (non-hydrogen) atoms. The van der Waals surface area contributed by atoms with Crippen molar-refractivity contribution in [3.63, 3.8) is 0 Å². The summed E-state index contributed by atoms with van der Waals surface area (Å²) >= 11 is 2.37. The molecule has 0 unspecified atom stereocenters. The summed E-state index contributed by atoms with van der Waals surface area (Å²) in [7, 11) is 0. The van der Waals surface area contributed by atoms with Gasteiger partial charge in [-0.2, -0.15) is 4.98 Å². The molecule has 11 heteroatoms. The van der Waals surface area contributed by atoms with Crippen LogP contribution in [0.1, 0.15) is 30.0 Å². The number of nitrogens with one attached hydrogen (secondary N) is 2. The number of aromatic amines is 1. The summed E-state index contributed by atoms with van der Waals surface area (Å²) in [6.07, 6.45) is 1.08. The maximum absolute atomic E-state index is 12.3. The highest BCUT2D eigenvalue weighted by molar-refractivity contribution is 7.99. The van der Waals surface area contributed by atoms with Gasteiger partial charge in [0.2, 0.25) is 16.9 Å². The molecular weight excluding hydrogens is 446 g/mol. The van der Waals surface area contributed by atoms with Crippen molar-refractivity contribution in [2.45, 2.75) is 31.8 Å². The SMILES string of the molecule is CC(C)Cc1nnc(NC(=O)CSc2nc(O)c(Cc3ccccc3)c(=O)[nH]2)s1.Cl. The quantitative estimate of drug-likeness (QED) is 0.343. The molecule has 0 radical (unpaired) electrons. The number of halogens is 1. The van der Waals surface area contributed by atoms with Gasteiger partial charge in [-0.05, 0) is 11.5 Å². The van der Waals surface area contributed by atoms with E-state index in [1.54, 1.807) is 0 Å². The van der Waals surface area contributed by atoms with Crippen LogP contribution in [-0.4, -0.2) is 36.9 Å². The Morgan fingerprint density at radius 1 is 1.27 bits per heavy atom. The highest BCUT2D eigenvalue weighted by Gasteiger charge is 2.14. The molecule has 0 spiro atoms. The van der Waals surface area contributed by atoms with Crippen molar-refractivity contribution >= 4 is 46.5 Å². The number of aromatic nitrogens is 4. The number of thioether (sulfide) groups is 1. The average Bonchev–Trinajstić information content (AvgIpc) is 3.10. The van der Waals surface area contributed by atoms with Crippen molar-refractivity contribution < 1.29 is 9.90 Å². The number of carbonyl (C=O) groups excluding carboxylic acids is 1. The van der Waals surface area contributed by atoms with Gasteiger partial charge in [0.25, 0.3) is 5.56 Å². The number of aromatic hydroxyl groups is 1. The molecule has 160 valence electrons. The number of hydrogen-bond acceptors (Lipinski definition) is 8. The summed E-state index contributed by atoms with van der Waals surface area (Å²) in [6.45, 7) is 4.18. The first-order valence-electron chi connectivity index (χ1n) is 9.02. The minimum Gasteiger partial charge on any atom is -0.493 e. The number of hydrogen-bond donors (Lipinski definition) is 3. The molecule has 1 amide bonds. The number of nitrogens with zero attached hydrogens (tertiary/aromatic N) is 3. The summed E-state index contributed by atoms with van der Waals surface area (Å²) in [5, 5.41) is 22.3. The Balaban J connectivity index is 0.00000320. The number of H-pyrrole nitrogens is 1. The van der Waals surface area contributed by atoms with Crippen molar-refractivity contribution in [2.75, 3.05) is 11.1 Å². The average molecular weight is 468 g/mol. The molecule has 8 nitrogen and oxygen atoms in total. The van der Waals surface area contributed by atoms with Crippen LogP contribution in [0.2, 0.25) is 0 Å². The van der Waals surface area contributed by atoms with Gasteiger partial charge >= 0.3 is 0 Å². The van der Waals surface area contributed by atoms with Crippen LogP contribution < -0.4 is 10.9 Å². The Labute approximate surface area is 188 Å². The number of amides is 1. The monoisotopic (exact) mass is 467 g/mol. The van der Waals surface area contributed by atoms with Gasteiger partial charge in [0.05, 0.1) is 11.3 Å². The molecule has 0 saturated carbocycles. The molecule has 0 atom stereocenters. The van der Waals surface area contributed by atoms with Crippen LogP contribution in [0.25, 0.3) is 0 Å². The van der Waals surface area contributed by atoms with Gasteiger partial charge in [-0.1, -0.05) is 67.3 Å². The third-order valence-electron chi connectivity index (χ3n) is 3.83. The molecule has 0 aliphatic heterocycles. The molecule has 2 heterocycles. The molecule has 3 aromatic rings. The molecule has 0 aliphatic rings. The van der Waals surface area contributed by atoms with Gasteiger partial charge in [0.15, 0.2) is 5.16 Å². The summed E-state index contributed by atoms with van der Waals surface area (Å²) in [5.41, 5.74) is 0.659. The van der Waals surface area contributed by atoms with Gasteiger partial charge in [-0.15, -0.1) is 22.6 Å². The van der Waals surface area contributed by atoms with Crippen LogP contribution in [0.4, 0.5) is 5.13 Å². The van der Waals surface area contributed by atoms with Gasteiger partial charge in [0, 0.05) is 12.8 Å². The molecule has 1 aromatic carbocycles. The normalized spacial score (nSPS) is 10.6. The van der Waals surface area contributed by atoms with E-state index in [0.717, 1.165) is 28.8 Å². The minimum atomic E-state index is -0.424. The number of anilines is 1. The molecule has 0 aliphatic carbocycles. The van der Waals surface area contributed by atoms with E-state index in [9.17, 15) is 14.7 Å². The molecule has 0 fully saturated rings. The lowest BCUT2D eigenvalue weighted by Crippen LogP contribution is -2.17. The smallest absolute Gasteiger partial charge is 0.258 e. The Morgan fingerprint density at radius 3 is 2.67 bits per heavy atom. The van der Waals surface area contributed by atoms with Gasteiger partial charge in [-0.25, -0.2) is 0 Å². The minimum absolute atomic E-state index is 0. The fourth-order valence-corrected chi connectivity index (χ4v) is 4.14. The topological polar surface area (TPSA) is 121 Å². The molecular formula is C19H22ClN5O3S2. The lowest BCUT2D eigenvalue weighted by molar-refractivity contribution is -0.113. The predicted octanol–water partition coefficient (Wildman–Crippen LogP) is 3.27. The van der Waals surface area contributed by atoms with Crippen LogP contribution in [-0.2, 0) is 17.6 Å². The second kappa shape index (κ2) is 11.1. The van der Waals surface area contributed by atoms with Gasteiger partial charge < -0.3 is 10.1 Å². The first kappa shape index (κ1) is 23.8. The number of rotatable bonds is 8. The van der Waals surface area contributed by atoms with Crippen LogP contribution in [0.3, 0.4) is 0 Å². The highest BCUT2D eigenvalue weighted by atomic mass is 35.5. The number of benzene rings is 1. The Hall–Kier alpha value is -2.43. The zero-order valence-corrected chi connectivity index (χ0v) is 18.9. The molecule has 3 N–H and O–H groups in total. The van der Waals surface area contributed by atoms with E-state index in [1.165, 1.54) is 11.3 Å². The summed E-state index contributed by atoms with van der Waals surface area (Å²) in [4.78, 5) is 31.0. The molecule has 0 saturated heterocycles. The van der Waals surface area contributed by atoms with Crippen molar-refractivity contribution in [3.05, 3.63) is 56.8 Å². The fourth-order valence-electron chi connectivity index (χ4n) is 2.52. The Kier molecular flexibility index (Phi) is 8.82. The highest BCUT2D eigenvalue weighted by Crippen LogP contribution is 2.21. The molecule has 0 bridgehead atoms. The molecule has 3 rings (SSSR count). The zero-order valence-electron chi connectivity index (χ0n) is 16.4. The lowest BCUT2D eigenvalue weighted by Gasteiger charge is -2.06. The summed E-state index contributed by atoms with van der Waals surface area (Å²) < 4.78 is 0.